The van der Waals surface area contributed by atoms with E-state index in [-0.39, 0.29) is 24.2 Å². The topological polar surface area (TPSA) is 69.6 Å². The first kappa shape index (κ1) is 14.5. The molecule has 0 bridgehead atoms. The summed E-state index contributed by atoms with van der Waals surface area (Å²) in [5.41, 5.74) is 0.824. The van der Waals surface area contributed by atoms with Crippen molar-refractivity contribution in [3.63, 3.8) is 0 Å². The molecule has 1 atom stereocenters. The van der Waals surface area contributed by atoms with Gasteiger partial charge in [0.2, 0.25) is 5.91 Å². The Morgan fingerprint density at radius 3 is 2.65 bits per heavy atom. The number of rotatable bonds is 5. The molecule has 6 heteroatoms. The van der Waals surface area contributed by atoms with Crippen molar-refractivity contribution in [2.45, 2.75) is 13.0 Å². The van der Waals surface area contributed by atoms with Crippen LogP contribution in [0.4, 0.5) is 4.39 Å². The second-order valence-corrected chi connectivity index (χ2v) is 4.96. The van der Waals surface area contributed by atoms with Gasteiger partial charge in [0.25, 0.3) is 0 Å². The number of hydrogen-bond acceptors (Lipinski definition) is 3. The molecule has 1 unspecified atom stereocenters. The first-order valence-electron chi connectivity index (χ1n) is 6.51. The molecule has 1 aliphatic rings. The van der Waals surface area contributed by atoms with Crippen molar-refractivity contribution >= 4 is 11.9 Å². The molecule has 1 aromatic carbocycles. The highest BCUT2D eigenvalue weighted by Gasteiger charge is 2.28. The van der Waals surface area contributed by atoms with Crippen molar-refractivity contribution in [2.75, 3.05) is 19.6 Å². The van der Waals surface area contributed by atoms with Crippen LogP contribution in [0.3, 0.4) is 0 Å². The Balaban J connectivity index is 1.73. The number of carbonyl (C=O) groups is 2. The van der Waals surface area contributed by atoms with E-state index in [1.165, 1.54) is 12.1 Å². The van der Waals surface area contributed by atoms with Crippen LogP contribution in [0.2, 0.25) is 0 Å². The van der Waals surface area contributed by atoms with Gasteiger partial charge in [-0.15, -0.1) is 0 Å². The SMILES string of the molecule is O=C(CN1CCC(C(=O)O)C1)NCc1ccc(F)cc1. The molecule has 1 fully saturated rings. The minimum Gasteiger partial charge on any atom is -0.481 e. The Hall–Kier alpha value is -1.95. The zero-order chi connectivity index (χ0) is 14.5. The first-order chi connectivity index (χ1) is 9.54. The highest BCUT2D eigenvalue weighted by atomic mass is 19.1. The summed E-state index contributed by atoms with van der Waals surface area (Å²) in [6.45, 7) is 1.58. The molecule has 0 aromatic heterocycles. The van der Waals surface area contributed by atoms with Gasteiger partial charge >= 0.3 is 5.97 Å². The van der Waals surface area contributed by atoms with Crippen LogP contribution in [0, 0.1) is 11.7 Å². The van der Waals surface area contributed by atoms with E-state index in [9.17, 15) is 14.0 Å². The van der Waals surface area contributed by atoms with Crippen LogP contribution in [-0.2, 0) is 16.1 Å². The third-order valence-electron chi connectivity index (χ3n) is 3.39. The lowest BCUT2D eigenvalue weighted by Gasteiger charge is -2.14. The molecule has 108 valence electrons. The number of nitrogens with one attached hydrogen (secondary N) is 1. The molecule has 20 heavy (non-hydrogen) atoms. The number of nitrogens with zero attached hydrogens (tertiary/aromatic N) is 1. The number of aliphatic carboxylic acids is 1. The van der Waals surface area contributed by atoms with Gasteiger partial charge in [-0.3, -0.25) is 14.5 Å². The number of benzene rings is 1. The zero-order valence-corrected chi connectivity index (χ0v) is 11.0. The number of halogens is 1. The molecule has 0 aliphatic carbocycles. The molecule has 1 saturated heterocycles. The molecule has 2 rings (SSSR count). The summed E-state index contributed by atoms with van der Waals surface area (Å²) in [5.74, 6) is -1.64. The summed E-state index contributed by atoms with van der Waals surface area (Å²) in [4.78, 5) is 24.4. The van der Waals surface area contributed by atoms with Gasteiger partial charge in [-0.25, -0.2) is 4.39 Å². The smallest absolute Gasteiger partial charge is 0.307 e. The van der Waals surface area contributed by atoms with E-state index in [4.69, 9.17) is 5.11 Å². The van der Waals surface area contributed by atoms with Gasteiger partial charge in [0.05, 0.1) is 12.5 Å². The van der Waals surface area contributed by atoms with E-state index >= 15 is 0 Å². The maximum atomic E-state index is 12.7. The maximum absolute atomic E-state index is 12.7. The fourth-order valence-corrected chi connectivity index (χ4v) is 2.24. The van der Waals surface area contributed by atoms with E-state index < -0.39 is 5.97 Å². The van der Waals surface area contributed by atoms with E-state index in [0.29, 0.717) is 26.1 Å². The number of hydrogen-bond donors (Lipinski definition) is 2. The van der Waals surface area contributed by atoms with Crippen molar-refractivity contribution in [1.82, 2.24) is 10.2 Å². The second-order valence-electron chi connectivity index (χ2n) is 4.96. The second kappa shape index (κ2) is 6.47. The number of carbonyl (C=O) groups excluding carboxylic acids is 1. The van der Waals surface area contributed by atoms with Crippen molar-refractivity contribution in [1.29, 1.82) is 0 Å². The third-order valence-corrected chi connectivity index (χ3v) is 3.39. The van der Waals surface area contributed by atoms with Gasteiger partial charge < -0.3 is 10.4 Å². The third kappa shape index (κ3) is 4.03. The van der Waals surface area contributed by atoms with Crippen molar-refractivity contribution in [3.05, 3.63) is 35.6 Å². The Bertz CT molecular complexity index is 490. The molecular formula is C14H17FN2O3. The minimum atomic E-state index is -0.806. The lowest BCUT2D eigenvalue weighted by Crippen LogP contribution is -2.36. The first-order valence-corrected chi connectivity index (χ1v) is 6.51. The van der Waals surface area contributed by atoms with E-state index in [0.717, 1.165) is 5.56 Å². The fraction of sp³-hybridized carbons (Fsp3) is 0.429. The van der Waals surface area contributed by atoms with Crippen molar-refractivity contribution < 1.29 is 19.1 Å². The number of amides is 1. The van der Waals surface area contributed by atoms with Gasteiger partial charge in [0, 0.05) is 13.1 Å². The van der Waals surface area contributed by atoms with E-state index in [1.54, 1.807) is 12.1 Å². The van der Waals surface area contributed by atoms with Crippen molar-refractivity contribution in [2.24, 2.45) is 5.92 Å². The molecular weight excluding hydrogens is 263 g/mol. The monoisotopic (exact) mass is 280 g/mol. The van der Waals surface area contributed by atoms with Crippen molar-refractivity contribution in [3.8, 4) is 0 Å². The average molecular weight is 280 g/mol. The van der Waals surface area contributed by atoms with Gasteiger partial charge in [-0.2, -0.15) is 0 Å². The molecule has 0 saturated carbocycles. The summed E-state index contributed by atoms with van der Waals surface area (Å²) < 4.78 is 12.7. The molecule has 1 aliphatic heterocycles. The Morgan fingerprint density at radius 1 is 1.35 bits per heavy atom. The van der Waals surface area contributed by atoms with Crippen LogP contribution in [0.15, 0.2) is 24.3 Å². The normalized spacial score (nSPS) is 18.9. The molecule has 1 aromatic rings. The van der Waals surface area contributed by atoms with E-state index in [1.807, 2.05) is 4.90 Å². The van der Waals surface area contributed by atoms with Crippen LogP contribution < -0.4 is 5.32 Å². The zero-order valence-electron chi connectivity index (χ0n) is 11.0. The lowest BCUT2D eigenvalue weighted by molar-refractivity contribution is -0.141. The number of likely N-dealkylation sites (tertiary alicyclic amines) is 1. The standard InChI is InChI=1S/C14H17FN2O3/c15-12-3-1-10(2-4-12)7-16-13(18)9-17-6-5-11(8-17)14(19)20/h1-4,11H,5-9H2,(H,16,18)(H,19,20). The van der Waals surface area contributed by atoms with Gasteiger partial charge in [-0.1, -0.05) is 12.1 Å². The van der Waals surface area contributed by atoms with Crippen LogP contribution in [0.5, 0.6) is 0 Å². The Morgan fingerprint density at radius 2 is 2.05 bits per heavy atom. The summed E-state index contributed by atoms with van der Waals surface area (Å²) in [5, 5.41) is 11.6. The summed E-state index contributed by atoms with van der Waals surface area (Å²) in [6, 6.07) is 5.93. The fourth-order valence-electron chi connectivity index (χ4n) is 2.24. The minimum absolute atomic E-state index is 0.152. The van der Waals surface area contributed by atoms with Crippen LogP contribution in [-0.4, -0.2) is 41.5 Å². The van der Waals surface area contributed by atoms with Crippen LogP contribution in [0.1, 0.15) is 12.0 Å². The lowest BCUT2D eigenvalue weighted by atomic mass is 10.1. The predicted octanol–water partition coefficient (Wildman–Crippen LogP) is 0.848. The van der Waals surface area contributed by atoms with Crippen LogP contribution in [0.25, 0.3) is 0 Å². The maximum Gasteiger partial charge on any atom is 0.307 e. The van der Waals surface area contributed by atoms with Gasteiger partial charge in [0.15, 0.2) is 0 Å². The van der Waals surface area contributed by atoms with E-state index in [2.05, 4.69) is 5.32 Å². The van der Waals surface area contributed by atoms with Gasteiger partial charge in [-0.05, 0) is 30.7 Å². The van der Waals surface area contributed by atoms with Gasteiger partial charge in [0.1, 0.15) is 5.82 Å². The Labute approximate surface area is 116 Å². The largest absolute Gasteiger partial charge is 0.481 e. The Kier molecular flexibility index (Phi) is 4.68. The number of carboxylic acid groups (broad SMARTS) is 1. The predicted molar refractivity (Wildman–Crippen MR) is 70.4 cm³/mol. The number of carboxylic acids is 1. The van der Waals surface area contributed by atoms with Crippen LogP contribution >= 0.6 is 0 Å². The highest BCUT2D eigenvalue weighted by Crippen LogP contribution is 2.15. The summed E-state index contributed by atoms with van der Waals surface area (Å²) in [7, 11) is 0. The summed E-state index contributed by atoms with van der Waals surface area (Å²) >= 11 is 0. The highest BCUT2D eigenvalue weighted by molar-refractivity contribution is 5.78. The summed E-state index contributed by atoms with van der Waals surface area (Å²) in [6.07, 6.45) is 0.584. The quantitative estimate of drug-likeness (QED) is 0.839. The molecule has 0 spiro atoms. The molecule has 1 amide bonds. The molecule has 5 nitrogen and oxygen atoms in total. The molecule has 1 heterocycles. The average Bonchev–Trinajstić information content (AvgIpc) is 2.87. The molecule has 2 N–H and O–H groups in total. The molecule has 0 radical (unpaired) electrons.